The topological polar surface area (TPSA) is 41.6 Å². The SMILES string of the molecule is CCC1NC(CC)N(C2CCOCC2C)C1=O. The predicted octanol–water partition coefficient (Wildman–Crippen LogP) is 1.36. The number of carbonyl (C=O) groups excluding carboxylic acids is 1. The van der Waals surface area contributed by atoms with Crippen molar-refractivity contribution < 1.29 is 9.53 Å². The molecule has 1 amide bonds. The number of rotatable bonds is 3. The van der Waals surface area contributed by atoms with Gasteiger partial charge >= 0.3 is 0 Å². The van der Waals surface area contributed by atoms with E-state index < -0.39 is 0 Å². The Balaban J connectivity index is 2.13. The molecule has 98 valence electrons. The molecular weight excluding hydrogens is 216 g/mol. The van der Waals surface area contributed by atoms with Crippen LogP contribution in [0.2, 0.25) is 0 Å². The average molecular weight is 240 g/mol. The molecule has 2 saturated heterocycles. The highest BCUT2D eigenvalue weighted by Crippen LogP contribution is 2.27. The van der Waals surface area contributed by atoms with E-state index in [4.69, 9.17) is 4.74 Å². The minimum Gasteiger partial charge on any atom is -0.381 e. The third-order valence-electron chi connectivity index (χ3n) is 4.03. The van der Waals surface area contributed by atoms with Crippen LogP contribution in [0.4, 0.5) is 0 Å². The minimum atomic E-state index is 0.0231. The zero-order valence-electron chi connectivity index (χ0n) is 11.1. The summed E-state index contributed by atoms with van der Waals surface area (Å²) < 4.78 is 5.47. The van der Waals surface area contributed by atoms with Gasteiger partial charge in [-0.05, 0) is 19.3 Å². The fourth-order valence-corrected chi connectivity index (χ4v) is 3.00. The average Bonchev–Trinajstić information content (AvgIpc) is 2.66. The Morgan fingerprint density at radius 1 is 1.41 bits per heavy atom. The van der Waals surface area contributed by atoms with Crippen molar-refractivity contribution in [2.24, 2.45) is 5.92 Å². The monoisotopic (exact) mass is 240 g/mol. The highest BCUT2D eigenvalue weighted by atomic mass is 16.5. The molecule has 0 saturated carbocycles. The van der Waals surface area contributed by atoms with E-state index in [9.17, 15) is 4.79 Å². The van der Waals surface area contributed by atoms with Crippen molar-refractivity contribution in [2.75, 3.05) is 13.2 Å². The summed E-state index contributed by atoms with van der Waals surface area (Å²) in [6, 6.07) is 0.375. The second kappa shape index (κ2) is 5.36. The van der Waals surface area contributed by atoms with Crippen LogP contribution in [0.3, 0.4) is 0 Å². The summed E-state index contributed by atoms with van der Waals surface area (Å²) in [6.45, 7) is 7.95. The van der Waals surface area contributed by atoms with Gasteiger partial charge in [0.15, 0.2) is 0 Å². The van der Waals surface area contributed by atoms with Crippen molar-refractivity contribution in [3.8, 4) is 0 Å². The van der Waals surface area contributed by atoms with E-state index in [-0.39, 0.29) is 18.1 Å². The van der Waals surface area contributed by atoms with Gasteiger partial charge in [0.25, 0.3) is 0 Å². The van der Waals surface area contributed by atoms with E-state index in [1.165, 1.54) is 0 Å². The van der Waals surface area contributed by atoms with Gasteiger partial charge in [0.2, 0.25) is 5.91 Å². The van der Waals surface area contributed by atoms with Gasteiger partial charge in [0.1, 0.15) is 0 Å². The maximum absolute atomic E-state index is 12.4. The Hall–Kier alpha value is -0.610. The molecule has 17 heavy (non-hydrogen) atoms. The van der Waals surface area contributed by atoms with Gasteiger partial charge in [0, 0.05) is 18.6 Å². The van der Waals surface area contributed by atoms with E-state index in [0.717, 1.165) is 32.5 Å². The van der Waals surface area contributed by atoms with Crippen LogP contribution in [0, 0.1) is 5.92 Å². The lowest BCUT2D eigenvalue weighted by Gasteiger charge is -2.38. The molecule has 0 aromatic carbocycles. The van der Waals surface area contributed by atoms with Crippen molar-refractivity contribution in [1.29, 1.82) is 0 Å². The van der Waals surface area contributed by atoms with Crippen LogP contribution in [0.15, 0.2) is 0 Å². The highest BCUT2D eigenvalue weighted by molar-refractivity contribution is 5.84. The molecule has 4 nitrogen and oxygen atoms in total. The molecule has 2 aliphatic heterocycles. The Morgan fingerprint density at radius 3 is 2.76 bits per heavy atom. The van der Waals surface area contributed by atoms with E-state index in [2.05, 4.69) is 31.0 Å². The Labute approximate surface area is 104 Å². The summed E-state index contributed by atoms with van der Waals surface area (Å²) in [4.78, 5) is 14.5. The fourth-order valence-electron chi connectivity index (χ4n) is 3.00. The first-order valence-electron chi connectivity index (χ1n) is 6.85. The van der Waals surface area contributed by atoms with E-state index >= 15 is 0 Å². The van der Waals surface area contributed by atoms with Gasteiger partial charge < -0.3 is 9.64 Å². The number of amides is 1. The molecule has 0 aromatic heterocycles. The molecule has 4 unspecified atom stereocenters. The third kappa shape index (κ3) is 2.33. The van der Waals surface area contributed by atoms with Gasteiger partial charge in [-0.25, -0.2) is 0 Å². The van der Waals surface area contributed by atoms with Crippen molar-refractivity contribution in [2.45, 2.75) is 58.3 Å². The molecule has 4 atom stereocenters. The first-order chi connectivity index (χ1) is 8.19. The smallest absolute Gasteiger partial charge is 0.241 e. The zero-order valence-corrected chi connectivity index (χ0v) is 11.1. The number of ether oxygens (including phenoxy) is 1. The molecule has 2 aliphatic rings. The van der Waals surface area contributed by atoms with Gasteiger partial charge in [-0.3, -0.25) is 10.1 Å². The Morgan fingerprint density at radius 2 is 2.18 bits per heavy atom. The van der Waals surface area contributed by atoms with E-state index in [0.29, 0.717) is 12.0 Å². The summed E-state index contributed by atoms with van der Waals surface area (Å²) in [5.41, 5.74) is 0. The van der Waals surface area contributed by atoms with Crippen molar-refractivity contribution in [3.05, 3.63) is 0 Å². The molecule has 1 N–H and O–H groups in total. The number of hydrogen-bond donors (Lipinski definition) is 1. The third-order valence-corrected chi connectivity index (χ3v) is 4.03. The van der Waals surface area contributed by atoms with Gasteiger partial charge in [-0.2, -0.15) is 0 Å². The number of nitrogens with one attached hydrogen (secondary N) is 1. The van der Waals surface area contributed by atoms with Crippen LogP contribution >= 0.6 is 0 Å². The van der Waals surface area contributed by atoms with Crippen molar-refractivity contribution in [3.63, 3.8) is 0 Å². The lowest BCUT2D eigenvalue weighted by atomic mass is 9.95. The summed E-state index contributed by atoms with van der Waals surface area (Å²) >= 11 is 0. The molecule has 0 aliphatic carbocycles. The molecule has 2 heterocycles. The minimum absolute atomic E-state index is 0.0231. The molecule has 0 spiro atoms. The van der Waals surface area contributed by atoms with Crippen LogP contribution in [-0.2, 0) is 9.53 Å². The van der Waals surface area contributed by atoms with E-state index in [1.807, 2.05) is 0 Å². The second-order valence-corrected chi connectivity index (χ2v) is 5.21. The van der Waals surface area contributed by atoms with Gasteiger partial charge in [0.05, 0.1) is 18.8 Å². The first-order valence-corrected chi connectivity index (χ1v) is 6.85. The second-order valence-electron chi connectivity index (χ2n) is 5.21. The Kier molecular flexibility index (Phi) is 4.05. The summed E-state index contributed by atoms with van der Waals surface area (Å²) in [5, 5.41) is 3.44. The van der Waals surface area contributed by atoms with Crippen LogP contribution < -0.4 is 5.32 Å². The molecule has 0 aromatic rings. The number of hydrogen-bond acceptors (Lipinski definition) is 3. The van der Waals surface area contributed by atoms with Crippen molar-refractivity contribution >= 4 is 5.91 Å². The van der Waals surface area contributed by atoms with Crippen molar-refractivity contribution in [1.82, 2.24) is 10.2 Å². The van der Waals surface area contributed by atoms with Gasteiger partial charge in [-0.15, -0.1) is 0 Å². The molecule has 4 heteroatoms. The molecule has 0 radical (unpaired) electrons. The number of carbonyl (C=O) groups is 1. The maximum atomic E-state index is 12.4. The highest BCUT2D eigenvalue weighted by Gasteiger charge is 2.42. The van der Waals surface area contributed by atoms with Crippen LogP contribution in [0.1, 0.15) is 40.0 Å². The number of nitrogens with zero attached hydrogens (tertiary/aromatic N) is 1. The lowest BCUT2D eigenvalue weighted by Crippen LogP contribution is -2.50. The van der Waals surface area contributed by atoms with Crippen LogP contribution in [-0.4, -0.2) is 42.3 Å². The quantitative estimate of drug-likeness (QED) is 0.810. The normalized spacial score (nSPS) is 38.8. The first kappa shape index (κ1) is 12.8. The van der Waals surface area contributed by atoms with Crippen LogP contribution in [0.25, 0.3) is 0 Å². The summed E-state index contributed by atoms with van der Waals surface area (Å²) in [6.07, 6.45) is 3.05. The molecule has 2 fully saturated rings. The maximum Gasteiger partial charge on any atom is 0.241 e. The summed E-state index contributed by atoms with van der Waals surface area (Å²) in [7, 11) is 0. The van der Waals surface area contributed by atoms with E-state index in [1.54, 1.807) is 0 Å². The molecular formula is C13H24N2O2. The lowest BCUT2D eigenvalue weighted by molar-refractivity contribution is -0.136. The van der Waals surface area contributed by atoms with Crippen LogP contribution in [0.5, 0.6) is 0 Å². The van der Waals surface area contributed by atoms with Gasteiger partial charge in [-0.1, -0.05) is 20.8 Å². The zero-order chi connectivity index (χ0) is 12.4. The summed E-state index contributed by atoms with van der Waals surface area (Å²) in [5.74, 6) is 0.734. The molecule has 2 rings (SSSR count). The standard InChI is InChI=1S/C13H24N2O2/c1-4-10-13(16)15(12(5-2)14-10)11-6-7-17-8-9(11)3/h9-12,14H,4-8H2,1-3H3. The largest absolute Gasteiger partial charge is 0.381 e. The predicted molar refractivity (Wildman–Crippen MR) is 66.5 cm³/mol. The fraction of sp³-hybridized carbons (Fsp3) is 0.923. The Bertz CT molecular complexity index is 283. The molecule has 0 bridgehead atoms.